The molecule has 1 amide bonds. The quantitative estimate of drug-likeness (QED) is 0.345. The third-order valence-corrected chi connectivity index (χ3v) is 5.44. The van der Waals surface area contributed by atoms with Crippen LogP contribution in [-0.2, 0) is 14.9 Å². The van der Waals surface area contributed by atoms with Crippen molar-refractivity contribution in [3.63, 3.8) is 0 Å². The summed E-state index contributed by atoms with van der Waals surface area (Å²) in [6, 6.07) is 10.8. The van der Waals surface area contributed by atoms with Gasteiger partial charge in [-0.05, 0) is 41.6 Å². The molecule has 0 atom stereocenters. The number of hydrogen-bond acceptors (Lipinski definition) is 8. The number of para-hydroxylation sites is 1. The number of amides is 1. The fraction of sp³-hybridized carbons (Fsp3) is 0. The molecule has 0 bridgehead atoms. The Balaban J connectivity index is 1.90. The number of aliphatic imine (C=N–C) groups is 1. The molecule has 0 saturated heterocycles. The van der Waals surface area contributed by atoms with Crippen molar-refractivity contribution in [1.82, 2.24) is 0 Å². The number of carbonyl (C=O) groups excluding carboxylic acids is 1. The molecular formula is C16H11N3O6S2. The van der Waals surface area contributed by atoms with Crippen LogP contribution in [0.1, 0.15) is 5.56 Å². The number of carbonyl (C=O) groups is 1. The number of nitrogens with zero attached hydrogens (tertiary/aromatic N) is 2. The number of rotatable bonds is 5. The molecule has 2 aromatic rings. The van der Waals surface area contributed by atoms with Gasteiger partial charge in [0.25, 0.3) is 11.6 Å². The van der Waals surface area contributed by atoms with Crippen LogP contribution in [0, 0.1) is 10.1 Å². The largest absolute Gasteiger partial charge is 0.379 e. The van der Waals surface area contributed by atoms with Gasteiger partial charge >= 0.3 is 10.1 Å². The summed E-state index contributed by atoms with van der Waals surface area (Å²) < 4.78 is 29.9. The van der Waals surface area contributed by atoms with Gasteiger partial charge in [0.15, 0.2) is 10.1 Å². The SMILES string of the molecule is NC1=NC(=O)/C(=C/c2cccc(OS(=O)(=O)c3ccccc3[N+](=O)[O-])c2)S1. The van der Waals surface area contributed by atoms with Gasteiger partial charge in [0.2, 0.25) is 0 Å². The zero-order valence-electron chi connectivity index (χ0n) is 13.4. The topological polar surface area (TPSA) is 142 Å². The molecule has 1 aliphatic heterocycles. The molecule has 0 unspecified atom stereocenters. The van der Waals surface area contributed by atoms with Crippen molar-refractivity contribution in [3.05, 3.63) is 69.1 Å². The van der Waals surface area contributed by atoms with Gasteiger partial charge in [-0.1, -0.05) is 24.3 Å². The van der Waals surface area contributed by atoms with Gasteiger partial charge in [-0.3, -0.25) is 14.9 Å². The number of thioether (sulfide) groups is 1. The third-order valence-electron chi connectivity index (χ3n) is 3.33. The Kier molecular flexibility index (Phi) is 4.97. The number of nitro benzene ring substituents is 1. The molecule has 0 spiro atoms. The number of amidine groups is 1. The van der Waals surface area contributed by atoms with E-state index in [4.69, 9.17) is 9.92 Å². The zero-order chi connectivity index (χ0) is 19.6. The predicted molar refractivity (Wildman–Crippen MR) is 99.5 cm³/mol. The van der Waals surface area contributed by atoms with E-state index in [-0.39, 0.29) is 15.8 Å². The molecule has 0 aromatic heterocycles. The van der Waals surface area contributed by atoms with Gasteiger partial charge in [0, 0.05) is 6.07 Å². The molecule has 2 aromatic carbocycles. The predicted octanol–water partition coefficient (Wildman–Crippen LogP) is 2.29. The lowest BCUT2D eigenvalue weighted by Crippen LogP contribution is -2.12. The lowest BCUT2D eigenvalue weighted by Gasteiger charge is -2.08. The van der Waals surface area contributed by atoms with E-state index < -0.39 is 31.5 Å². The summed E-state index contributed by atoms with van der Waals surface area (Å²) in [7, 11) is -4.43. The van der Waals surface area contributed by atoms with Crippen LogP contribution in [0.3, 0.4) is 0 Å². The standard InChI is InChI=1S/C16H11N3O6S2/c17-16-18-15(20)13(26-16)9-10-4-3-5-11(8-10)25-27(23,24)14-7-2-1-6-12(14)19(21)22/h1-9H,(H2,17,18,20)/b13-9-. The number of hydrogen-bond donors (Lipinski definition) is 1. The van der Waals surface area contributed by atoms with Crippen LogP contribution in [0.2, 0.25) is 0 Å². The Morgan fingerprint density at radius 2 is 1.93 bits per heavy atom. The van der Waals surface area contributed by atoms with Crippen molar-refractivity contribution in [1.29, 1.82) is 0 Å². The molecule has 0 fully saturated rings. The number of nitrogens with two attached hydrogens (primary N) is 1. The fourth-order valence-electron chi connectivity index (χ4n) is 2.22. The molecule has 9 nitrogen and oxygen atoms in total. The second-order valence-corrected chi connectivity index (χ2v) is 7.78. The van der Waals surface area contributed by atoms with E-state index in [1.165, 1.54) is 36.4 Å². The minimum Gasteiger partial charge on any atom is -0.379 e. The van der Waals surface area contributed by atoms with Gasteiger partial charge in [-0.2, -0.15) is 13.4 Å². The van der Waals surface area contributed by atoms with Crippen LogP contribution in [-0.4, -0.2) is 24.4 Å². The van der Waals surface area contributed by atoms with Crippen molar-refractivity contribution in [2.24, 2.45) is 10.7 Å². The Hall–Kier alpha value is -3.18. The molecule has 0 aliphatic carbocycles. The lowest BCUT2D eigenvalue weighted by atomic mass is 10.2. The van der Waals surface area contributed by atoms with E-state index in [0.29, 0.717) is 5.56 Å². The van der Waals surface area contributed by atoms with E-state index in [0.717, 1.165) is 23.9 Å². The van der Waals surface area contributed by atoms with Crippen molar-refractivity contribution in [3.8, 4) is 5.75 Å². The minimum atomic E-state index is -4.43. The van der Waals surface area contributed by atoms with Crippen LogP contribution >= 0.6 is 11.8 Å². The van der Waals surface area contributed by atoms with Crippen LogP contribution < -0.4 is 9.92 Å². The monoisotopic (exact) mass is 405 g/mol. The van der Waals surface area contributed by atoms with E-state index in [1.54, 1.807) is 6.07 Å². The van der Waals surface area contributed by atoms with Gasteiger partial charge in [0.1, 0.15) is 5.75 Å². The second kappa shape index (κ2) is 7.21. The third kappa shape index (κ3) is 4.15. The first-order valence-electron chi connectivity index (χ1n) is 7.32. The first-order chi connectivity index (χ1) is 12.8. The Morgan fingerprint density at radius 3 is 2.59 bits per heavy atom. The Labute approximate surface area is 157 Å². The number of nitro groups is 1. The fourth-order valence-corrected chi connectivity index (χ4v) is 4.00. The average Bonchev–Trinajstić information content (AvgIpc) is 2.92. The molecule has 138 valence electrons. The number of benzene rings is 2. The summed E-state index contributed by atoms with van der Waals surface area (Å²) in [4.78, 5) is 25.2. The van der Waals surface area contributed by atoms with E-state index in [9.17, 15) is 23.3 Å². The van der Waals surface area contributed by atoms with E-state index in [2.05, 4.69) is 4.99 Å². The summed E-state index contributed by atoms with van der Waals surface area (Å²) in [5.74, 6) is -0.553. The highest BCUT2D eigenvalue weighted by atomic mass is 32.2. The van der Waals surface area contributed by atoms with Gasteiger partial charge in [-0.15, -0.1) is 0 Å². The maximum atomic E-state index is 12.4. The molecule has 0 radical (unpaired) electrons. The summed E-state index contributed by atoms with van der Waals surface area (Å²) in [5, 5.41) is 11.2. The second-order valence-electron chi connectivity index (χ2n) is 5.20. The Morgan fingerprint density at radius 1 is 1.19 bits per heavy atom. The maximum Gasteiger partial charge on any atom is 0.346 e. The molecule has 0 saturated carbocycles. The zero-order valence-corrected chi connectivity index (χ0v) is 15.1. The highest BCUT2D eigenvalue weighted by molar-refractivity contribution is 8.18. The van der Waals surface area contributed by atoms with Crippen molar-refractivity contribution in [2.45, 2.75) is 4.90 Å². The molecule has 1 heterocycles. The highest BCUT2D eigenvalue weighted by Gasteiger charge is 2.27. The van der Waals surface area contributed by atoms with Gasteiger partial charge in [0.05, 0.1) is 9.83 Å². The molecule has 2 N–H and O–H groups in total. The lowest BCUT2D eigenvalue weighted by molar-refractivity contribution is -0.387. The minimum absolute atomic E-state index is 0.0631. The van der Waals surface area contributed by atoms with Crippen molar-refractivity contribution < 1.29 is 22.3 Å². The summed E-state index contributed by atoms with van der Waals surface area (Å²) in [6.45, 7) is 0. The first-order valence-corrected chi connectivity index (χ1v) is 9.55. The smallest absolute Gasteiger partial charge is 0.346 e. The molecule has 1 aliphatic rings. The Bertz CT molecular complexity index is 1110. The van der Waals surface area contributed by atoms with Crippen molar-refractivity contribution >= 4 is 44.7 Å². The van der Waals surface area contributed by atoms with E-state index in [1.807, 2.05) is 0 Å². The summed E-state index contributed by atoms with van der Waals surface area (Å²) >= 11 is 0.995. The highest BCUT2D eigenvalue weighted by Crippen LogP contribution is 2.29. The van der Waals surface area contributed by atoms with Crippen LogP contribution in [0.15, 0.2) is 63.3 Å². The molecule has 27 heavy (non-hydrogen) atoms. The molecule has 11 heteroatoms. The molecule has 3 rings (SSSR count). The van der Waals surface area contributed by atoms with Gasteiger partial charge < -0.3 is 9.92 Å². The van der Waals surface area contributed by atoms with Crippen LogP contribution in [0.5, 0.6) is 5.75 Å². The average molecular weight is 405 g/mol. The first kappa shape index (κ1) is 18.6. The molecular weight excluding hydrogens is 394 g/mol. The summed E-state index contributed by atoms with van der Waals surface area (Å²) in [6.07, 6.45) is 1.49. The van der Waals surface area contributed by atoms with Crippen LogP contribution in [0.25, 0.3) is 6.08 Å². The summed E-state index contributed by atoms with van der Waals surface area (Å²) in [5.41, 5.74) is 5.37. The van der Waals surface area contributed by atoms with Gasteiger partial charge in [-0.25, -0.2) is 0 Å². The van der Waals surface area contributed by atoms with Crippen molar-refractivity contribution in [2.75, 3.05) is 0 Å². The van der Waals surface area contributed by atoms with Crippen LogP contribution in [0.4, 0.5) is 5.69 Å². The van der Waals surface area contributed by atoms with E-state index >= 15 is 0 Å². The normalized spacial score (nSPS) is 15.6. The maximum absolute atomic E-state index is 12.4.